The topological polar surface area (TPSA) is 72.6 Å². The van der Waals surface area contributed by atoms with E-state index in [1.807, 2.05) is 73.7 Å². The van der Waals surface area contributed by atoms with Gasteiger partial charge in [-0.3, -0.25) is 9.59 Å². The van der Waals surface area contributed by atoms with Crippen LogP contribution in [-0.4, -0.2) is 28.8 Å². The van der Waals surface area contributed by atoms with Crippen molar-refractivity contribution in [1.82, 2.24) is 5.06 Å². The van der Waals surface area contributed by atoms with Gasteiger partial charge in [0.1, 0.15) is 6.04 Å². The van der Waals surface area contributed by atoms with E-state index >= 15 is 0 Å². The Hall–Kier alpha value is -2.92. The lowest BCUT2D eigenvalue weighted by molar-refractivity contribution is -0.158. The molecule has 1 aliphatic rings. The maximum absolute atomic E-state index is 12.4. The first-order chi connectivity index (χ1) is 12.6. The van der Waals surface area contributed by atoms with Crippen molar-refractivity contribution in [3.05, 3.63) is 77.9 Å². The molecular formula is C21H22N2O3. The van der Waals surface area contributed by atoms with E-state index in [1.54, 1.807) is 5.06 Å². The van der Waals surface area contributed by atoms with Crippen LogP contribution in [0.1, 0.15) is 24.5 Å². The molecule has 2 atom stereocenters. The number of carbonyl (C=O) groups excluding carboxylic acids is 2. The van der Waals surface area contributed by atoms with Crippen molar-refractivity contribution in [3.8, 4) is 0 Å². The highest BCUT2D eigenvalue weighted by Gasteiger charge is 2.37. The van der Waals surface area contributed by atoms with Crippen LogP contribution in [0.25, 0.3) is 5.76 Å². The Labute approximate surface area is 153 Å². The Morgan fingerprint density at radius 1 is 1.08 bits per heavy atom. The highest BCUT2D eigenvalue weighted by atomic mass is 16.7. The number of benzene rings is 2. The molecule has 1 unspecified atom stereocenters. The van der Waals surface area contributed by atoms with Gasteiger partial charge in [0.15, 0.2) is 5.76 Å². The molecule has 5 nitrogen and oxygen atoms in total. The van der Waals surface area contributed by atoms with Gasteiger partial charge >= 0.3 is 0 Å². The molecule has 0 aromatic heterocycles. The number of nitrogens with two attached hydrogens (primary N) is 1. The van der Waals surface area contributed by atoms with Gasteiger partial charge in [-0.2, -0.15) is 0 Å². The van der Waals surface area contributed by atoms with E-state index in [2.05, 4.69) is 0 Å². The lowest BCUT2D eigenvalue weighted by Crippen LogP contribution is -2.47. The highest BCUT2D eigenvalue weighted by molar-refractivity contribution is 6.37. The third kappa shape index (κ3) is 4.00. The van der Waals surface area contributed by atoms with Gasteiger partial charge in [0.05, 0.1) is 6.04 Å². The summed E-state index contributed by atoms with van der Waals surface area (Å²) >= 11 is 0. The fourth-order valence-electron chi connectivity index (χ4n) is 3.10. The second-order valence-corrected chi connectivity index (χ2v) is 6.36. The molecule has 3 rings (SSSR count). The van der Waals surface area contributed by atoms with Gasteiger partial charge in [-0.1, -0.05) is 60.7 Å². The first-order valence-corrected chi connectivity index (χ1v) is 8.67. The number of ketones is 1. The van der Waals surface area contributed by atoms with E-state index in [4.69, 9.17) is 10.6 Å². The zero-order valence-corrected chi connectivity index (χ0v) is 14.7. The fourth-order valence-corrected chi connectivity index (χ4v) is 3.10. The summed E-state index contributed by atoms with van der Waals surface area (Å²) < 4.78 is 0. The zero-order chi connectivity index (χ0) is 18.5. The smallest absolute Gasteiger partial charge is 0.286 e. The molecule has 0 spiro atoms. The van der Waals surface area contributed by atoms with Crippen LogP contribution in [0.2, 0.25) is 0 Å². The molecule has 134 valence electrons. The van der Waals surface area contributed by atoms with Crippen molar-refractivity contribution in [2.24, 2.45) is 5.73 Å². The molecule has 5 heteroatoms. The molecule has 0 saturated carbocycles. The quantitative estimate of drug-likeness (QED) is 0.779. The molecule has 0 fully saturated rings. The SMILES string of the molecule is C[C@H]1C=C(c2ccccc2)ON1C(CCc1ccccc1)C(=O)C(N)=O. The van der Waals surface area contributed by atoms with Crippen molar-refractivity contribution >= 4 is 17.4 Å². The van der Waals surface area contributed by atoms with Crippen LogP contribution in [-0.2, 0) is 20.8 Å². The maximum Gasteiger partial charge on any atom is 0.286 e. The summed E-state index contributed by atoms with van der Waals surface area (Å²) in [7, 11) is 0. The van der Waals surface area contributed by atoms with E-state index < -0.39 is 17.7 Å². The first-order valence-electron chi connectivity index (χ1n) is 8.67. The number of amides is 1. The molecule has 0 aliphatic carbocycles. The Morgan fingerprint density at radius 3 is 2.31 bits per heavy atom. The van der Waals surface area contributed by atoms with E-state index in [-0.39, 0.29) is 6.04 Å². The van der Waals surface area contributed by atoms with Crippen LogP contribution in [0.15, 0.2) is 66.7 Å². The predicted molar refractivity (Wildman–Crippen MR) is 99.6 cm³/mol. The lowest BCUT2D eigenvalue weighted by atomic mass is 10.0. The first kappa shape index (κ1) is 17.9. The lowest BCUT2D eigenvalue weighted by Gasteiger charge is -2.28. The average molecular weight is 350 g/mol. The number of hydroxylamine groups is 2. The summed E-state index contributed by atoms with van der Waals surface area (Å²) in [5.74, 6) is -0.886. The van der Waals surface area contributed by atoms with Gasteiger partial charge in [0.25, 0.3) is 5.91 Å². The van der Waals surface area contributed by atoms with Crippen molar-refractivity contribution in [1.29, 1.82) is 0 Å². The van der Waals surface area contributed by atoms with Crippen LogP contribution in [0.4, 0.5) is 0 Å². The molecule has 0 bridgehead atoms. The van der Waals surface area contributed by atoms with Crippen LogP contribution < -0.4 is 5.73 Å². The number of carbonyl (C=O) groups is 2. The Bertz CT molecular complexity index is 803. The standard InChI is InChI=1S/C21H22N2O3/c1-15-14-19(17-10-6-3-7-11-17)26-23(15)18(20(24)21(22)25)13-12-16-8-4-2-5-9-16/h2-11,14-15,18H,12-13H2,1H3,(H2,22,25)/t15-,18?/m0/s1. The summed E-state index contributed by atoms with van der Waals surface area (Å²) in [6, 6.07) is 18.6. The van der Waals surface area contributed by atoms with E-state index in [0.717, 1.165) is 11.1 Å². The molecular weight excluding hydrogens is 328 g/mol. The molecule has 1 heterocycles. The number of Topliss-reactive ketones (excluding diaryl/α,β-unsaturated/α-hetero) is 1. The van der Waals surface area contributed by atoms with Crippen LogP contribution >= 0.6 is 0 Å². The normalized spacial score (nSPS) is 18.0. The molecule has 2 aromatic rings. The Morgan fingerprint density at radius 2 is 1.69 bits per heavy atom. The van der Waals surface area contributed by atoms with Gasteiger partial charge in [-0.05, 0) is 31.4 Å². The molecule has 1 amide bonds. The van der Waals surface area contributed by atoms with Gasteiger partial charge in [0.2, 0.25) is 5.78 Å². The van der Waals surface area contributed by atoms with E-state index in [9.17, 15) is 9.59 Å². The van der Waals surface area contributed by atoms with E-state index in [0.29, 0.717) is 18.6 Å². The minimum absolute atomic E-state index is 0.144. The summed E-state index contributed by atoms with van der Waals surface area (Å²) in [6.45, 7) is 1.93. The largest absolute Gasteiger partial charge is 0.404 e. The predicted octanol–water partition coefficient (Wildman–Crippen LogP) is 2.72. The monoisotopic (exact) mass is 350 g/mol. The van der Waals surface area contributed by atoms with Gasteiger partial charge < -0.3 is 10.6 Å². The van der Waals surface area contributed by atoms with Crippen LogP contribution in [0.3, 0.4) is 0 Å². The molecule has 2 aromatic carbocycles. The van der Waals surface area contributed by atoms with Crippen molar-refractivity contribution in [2.45, 2.75) is 31.8 Å². The zero-order valence-electron chi connectivity index (χ0n) is 14.7. The van der Waals surface area contributed by atoms with Crippen molar-refractivity contribution in [2.75, 3.05) is 0 Å². The van der Waals surface area contributed by atoms with Crippen LogP contribution in [0.5, 0.6) is 0 Å². The van der Waals surface area contributed by atoms with Crippen molar-refractivity contribution < 1.29 is 14.4 Å². The van der Waals surface area contributed by atoms with Gasteiger partial charge in [-0.15, -0.1) is 5.06 Å². The minimum Gasteiger partial charge on any atom is -0.404 e. The number of primary amides is 1. The maximum atomic E-state index is 12.4. The highest BCUT2D eigenvalue weighted by Crippen LogP contribution is 2.29. The fraction of sp³-hybridized carbons (Fsp3) is 0.238. The van der Waals surface area contributed by atoms with Gasteiger partial charge in [-0.25, -0.2) is 0 Å². The third-order valence-electron chi connectivity index (χ3n) is 4.46. The number of rotatable bonds is 7. The summed E-state index contributed by atoms with van der Waals surface area (Å²) in [5, 5.41) is 1.58. The summed E-state index contributed by atoms with van der Waals surface area (Å²) in [5.41, 5.74) is 7.30. The number of hydrogen-bond acceptors (Lipinski definition) is 4. The molecule has 0 saturated heterocycles. The summed E-state index contributed by atoms with van der Waals surface area (Å²) in [6.07, 6.45) is 3.04. The molecule has 26 heavy (non-hydrogen) atoms. The Kier molecular flexibility index (Phi) is 5.49. The Balaban J connectivity index is 1.77. The second-order valence-electron chi connectivity index (χ2n) is 6.36. The molecule has 2 N–H and O–H groups in total. The van der Waals surface area contributed by atoms with Crippen molar-refractivity contribution in [3.63, 3.8) is 0 Å². The number of hydrogen-bond donors (Lipinski definition) is 1. The number of nitrogens with zero attached hydrogens (tertiary/aromatic N) is 1. The van der Waals surface area contributed by atoms with Gasteiger partial charge in [0, 0.05) is 5.56 Å². The molecule has 1 aliphatic heterocycles. The second kappa shape index (κ2) is 7.97. The average Bonchev–Trinajstić information content (AvgIpc) is 3.05. The number of aryl methyl sites for hydroxylation is 1. The molecule has 0 radical (unpaired) electrons. The third-order valence-corrected chi connectivity index (χ3v) is 4.46. The van der Waals surface area contributed by atoms with E-state index in [1.165, 1.54) is 0 Å². The summed E-state index contributed by atoms with van der Waals surface area (Å²) in [4.78, 5) is 29.9. The minimum atomic E-state index is -0.938. The van der Waals surface area contributed by atoms with Crippen LogP contribution in [0, 0.1) is 0 Å².